The maximum absolute atomic E-state index is 11.2. The van der Waals surface area contributed by atoms with Crippen LogP contribution in [0.15, 0.2) is 0 Å². The summed E-state index contributed by atoms with van der Waals surface area (Å²) in [6.07, 6.45) is 1.22. The zero-order valence-corrected chi connectivity index (χ0v) is 6.58. The molecular formula is C7H13NO3. The van der Waals surface area contributed by atoms with E-state index in [0.717, 1.165) is 4.74 Å². The number of hydrogen-bond donors (Lipinski definition) is 2. The Balaban J connectivity index is 2.88. The lowest BCUT2D eigenvalue weighted by atomic mass is 9.99. The first-order valence-corrected chi connectivity index (χ1v) is 3.68. The van der Waals surface area contributed by atoms with Crippen LogP contribution in [0.5, 0.6) is 0 Å². The Morgan fingerprint density at radius 2 is 2.09 bits per heavy atom. The third kappa shape index (κ3) is 1.12. The zero-order valence-electron chi connectivity index (χ0n) is 6.58. The fourth-order valence-electron chi connectivity index (χ4n) is 1.36. The van der Waals surface area contributed by atoms with Gasteiger partial charge in [0.2, 0.25) is 5.54 Å². The molecule has 0 bridgehead atoms. The molecular weight excluding hydrogens is 146 g/mol. The quantitative estimate of drug-likeness (QED) is 0.420. The zero-order chi connectivity index (χ0) is 8.48. The van der Waals surface area contributed by atoms with E-state index in [0.29, 0.717) is 18.6 Å². The maximum atomic E-state index is 11.2. The highest BCUT2D eigenvalue weighted by Gasteiger charge is 2.43. The Bertz CT molecular complexity index is 184. The normalized spacial score (nSPS) is 22.8. The van der Waals surface area contributed by atoms with Crippen LogP contribution in [0.3, 0.4) is 0 Å². The molecule has 0 saturated carbocycles. The molecule has 0 unspecified atom stereocenters. The van der Waals surface area contributed by atoms with Gasteiger partial charge >= 0.3 is 0 Å². The van der Waals surface area contributed by atoms with Gasteiger partial charge in [0.1, 0.15) is 13.2 Å². The summed E-state index contributed by atoms with van der Waals surface area (Å²) in [5.74, 6) is 0. The molecule has 0 aromatic heterocycles. The largest absolute Gasteiger partial charge is 0.623 e. The van der Waals surface area contributed by atoms with Crippen molar-refractivity contribution in [2.75, 3.05) is 13.2 Å². The molecule has 0 aromatic rings. The fraction of sp³-hybridized carbons (Fsp3) is 0.857. The summed E-state index contributed by atoms with van der Waals surface area (Å²) >= 11 is 0. The molecule has 4 nitrogen and oxygen atoms in total. The Labute approximate surface area is 65.4 Å². The van der Waals surface area contributed by atoms with Gasteiger partial charge in [-0.15, -0.1) is 0 Å². The van der Waals surface area contributed by atoms with E-state index in [2.05, 4.69) is 0 Å². The summed E-state index contributed by atoms with van der Waals surface area (Å²) in [6.45, 7) is 1.18. The number of aliphatic hydroxyl groups is 2. The van der Waals surface area contributed by atoms with Gasteiger partial charge in [0.25, 0.3) is 0 Å². The van der Waals surface area contributed by atoms with E-state index in [1.165, 1.54) is 0 Å². The van der Waals surface area contributed by atoms with E-state index in [-0.39, 0.29) is 13.2 Å². The van der Waals surface area contributed by atoms with Gasteiger partial charge in [-0.2, -0.15) is 0 Å². The van der Waals surface area contributed by atoms with Crippen LogP contribution in [0.2, 0.25) is 0 Å². The molecule has 0 radical (unpaired) electrons. The second kappa shape index (κ2) is 2.79. The van der Waals surface area contributed by atoms with Crippen LogP contribution < -0.4 is 0 Å². The molecule has 0 aliphatic carbocycles. The van der Waals surface area contributed by atoms with Crippen molar-refractivity contribution in [2.45, 2.75) is 25.3 Å². The van der Waals surface area contributed by atoms with Gasteiger partial charge in [-0.25, -0.2) is 4.74 Å². The number of rotatable bonds is 2. The SMILES string of the molecule is CC1=[N+]([O-])C(CO)(CO)CC1. The highest BCUT2D eigenvalue weighted by molar-refractivity contribution is 5.78. The molecule has 0 fully saturated rings. The van der Waals surface area contributed by atoms with Crippen molar-refractivity contribution >= 4 is 5.71 Å². The molecule has 11 heavy (non-hydrogen) atoms. The maximum Gasteiger partial charge on any atom is 0.218 e. The molecule has 1 rings (SSSR count). The van der Waals surface area contributed by atoms with Gasteiger partial charge in [-0.1, -0.05) is 0 Å². The molecule has 1 aliphatic heterocycles. The standard InChI is InChI=1S/C7H13NO3/c1-6-2-3-7(4-9,5-10)8(6)11/h9-10H,2-5H2,1H3. The summed E-state index contributed by atoms with van der Waals surface area (Å²) in [7, 11) is 0. The second-order valence-corrected chi connectivity index (χ2v) is 3.07. The van der Waals surface area contributed by atoms with Crippen LogP contribution in [0.4, 0.5) is 0 Å². The topological polar surface area (TPSA) is 66.5 Å². The van der Waals surface area contributed by atoms with E-state index in [9.17, 15) is 5.21 Å². The first-order chi connectivity index (χ1) is 5.16. The molecule has 0 aromatic carbocycles. The van der Waals surface area contributed by atoms with Gasteiger partial charge in [0.15, 0.2) is 5.71 Å². The average molecular weight is 159 g/mol. The Hall–Kier alpha value is -0.610. The number of hydroxylamine groups is 1. The monoisotopic (exact) mass is 159 g/mol. The van der Waals surface area contributed by atoms with Crippen LogP contribution in [-0.4, -0.2) is 39.4 Å². The van der Waals surface area contributed by atoms with Crippen molar-refractivity contribution in [2.24, 2.45) is 0 Å². The van der Waals surface area contributed by atoms with Crippen molar-refractivity contribution in [3.63, 3.8) is 0 Å². The lowest BCUT2D eigenvalue weighted by molar-refractivity contribution is -0.549. The molecule has 2 N–H and O–H groups in total. The van der Waals surface area contributed by atoms with Crippen molar-refractivity contribution in [1.82, 2.24) is 0 Å². The second-order valence-electron chi connectivity index (χ2n) is 3.07. The predicted molar refractivity (Wildman–Crippen MR) is 40.4 cm³/mol. The highest BCUT2D eigenvalue weighted by atomic mass is 16.5. The van der Waals surface area contributed by atoms with Gasteiger partial charge in [0.05, 0.1) is 0 Å². The predicted octanol–water partition coefficient (Wildman–Crippen LogP) is -0.525. The van der Waals surface area contributed by atoms with Crippen molar-refractivity contribution in [1.29, 1.82) is 0 Å². The van der Waals surface area contributed by atoms with E-state index in [1.807, 2.05) is 0 Å². The molecule has 64 valence electrons. The smallest absolute Gasteiger partial charge is 0.218 e. The average Bonchev–Trinajstić information content (AvgIpc) is 2.32. The fourth-order valence-corrected chi connectivity index (χ4v) is 1.36. The molecule has 0 amide bonds. The van der Waals surface area contributed by atoms with Crippen molar-refractivity contribution in [3.05, 3.63) is 5.21 Å². The van der Waals surface area contributed by atoms with Crippen LogP contribution >= 0.6 is 0 Å². The summed E-state index contributed by atoms with van der Waals surface area (Å²) in [4.78, 5) is 0. The number of nitrogens with zero attached hydrogens (tertiary/aromatic N) is 1. The van der Waals surface area contributed by atoms with Gasteiger partial charge in [-0.05, 0) is 0 Å². The first kappa shape index (κ1) is 8.49. The van der Waals surface area contributed by atoms with Crippen LogP contribution in [0.25, 0.3) is 0 Å². The molecule has 0 atom stereocenters. The van der Waals surface area contributed by atoms with Crippen LogP contribution in [0.1, 0.15) is 19.8 Å². The lowest BCUT2D eigenvalue weighted by Crippen LogP contribution is -2.44. The Kier molecular flexibility index (Phi) is 2.15. The summed E-state index contributed by atoms with van der Waals surface area (Å²) in [5.41, 5.74) is -0.252. The van der Waals surface area contributed by atoms with E-state index in [1.54, 1.807) is 6.92 Å². The van der Waals surface area contributed by atoms with Gasteiger partial charge in [0, 0.05) is 19.8 Å². The van der Waals surface area contributed by atoms with Crippen molar-refractivity contribution in [3.8, 4) is 0 Å². The minimum Gasteiger partial charge on any atom is -0.623 e. The highest BCUT2D eigenvalue weighted by Crippen LogP contribution is 2.23. The minimum atomic E-state index is -0.940. The minimum absolute atomic E-state index is 0.273. The van der Waals surface area contributed by atoms with Crippen LogP contribution in [0, 0.1) is 5.21 Å². The van der Waals surface area contributed by atoms with Crippen LogP contribution in [-0.2, 0) is 0 Å². The van der Waals surface area contributed by atoms with Gasteiger partial charge in [-0.3, -0.25) is 0 Å². The first-order valence-electron chi connectivity index (χ1n) is 3.68. The van der Waals surface area contributed by atoms with E-state index >= 15 is 0 Å². The Morgan fingerprint density at radius 3 is 2.27 bits per heavy atom. The van der Waals surface area contributed by atoms with Crippen molar-refractivity contribution < 1.29 is 15.0 Å². The molecule has 0 saturated heterocycles. The number of hydrogen-bond acceptors (Lipinski definition) is 3. The third-order valence-corrected chi connectivity index (χ3v) is 2.32. The third-order valence-electron chi connectivity index (χ3n) is 2.32. The lowest BCUT2D eigenvalue weighted by Gasteiger charge is -2.23. The molecule has 1 aliphatic rings. The number of aliphatic hydroxyl groups excluding tert-OH is 2. The Morgan fingerprint density at radius 1 is 1.55 bits per heavy atom. The molecule has 0 spiro atoms. The summed E-state index contributed by atoms with van der Waals surface area (Å²) in [6, 6.07) is 0. The summed E-state index contributed by atoms with van der Waals surface area (Å²) in [5, 5.41) is 29.0. The molecule has 4 heteroatoms. The van der Waals surface area contributed by atoms with E-state index in [4.69, 9.17) is 10.2 Å². The van der Waals surface area contributed by atoms with Gasteiger partial charge < -0.3 is 15.4 Å². The van der Waals surface area contributed by atoms with E-state index < -0.39 is 5.54 Å². The molecule has 1 heterocycles. The summed E-state index contributed by atoms with van der Waals surface area (Å²) < 4.78 is 0.743.